The predicted molar refractivity (Wildman–Crippen MR) is 64.7 cm³/mol. The Morgan fingerprint density at radius 2 is 2.07 bits per heavy atom. The molecule has 2 N–H and O–H groups in total. The number of ether oxygens (including phenoxy) is 1. The highest BCUT2D eigenvalue weighted by atomic mass is 16.5. The van der Waals surface area contributed by atoms with Crippen molar-refractivity contribution >= 4 is 5.69 Å². The molecule has 0 aromatic heterocycles. The molecule has 0 aliphatic carbocycles. The second-order valence-corrected chi connectivity index (χ2v) is 4.05. The lowest BCUT2D eigenvalue weighted by atomic mass is 10.1. The first kappa shape index (κ1) is 12.1. The molecule has 2 atom stereocenters. The summed E-state index contributed by atoms with van der Waals surface area (Å²) in [5.74, 6) is 0. The largest absolute Gasteiger partial charge is 0.399 e. The summed E-state index contributed by atoms with van der Waals surface area (Å²) in [5, 5.41) is 0. The average Bonchev–Trinajstić information content (AvgIpc) is 2.18. The maximum atomic E-state index is 5.88. The van der Waals surface area contributed by atoms with Gasteiger partial charge >= 0.3 is 0 Å². The molecule has 1 aromatic rings. The van der Waals surface area contributed by atoms with Crippen molar-refractivity contribution < 1.29 is 4.74 Å². The maximum absolute atomic E-state index is 5.88. The van der Waals surface area contributed by atoms with Crippen LogP contribution in [0.4, 0.5) is 5.69 Å². The number of nitrogens with two attached hydrogens (primary N) is 1. The van der Waals surface area contributed by atoms with Crippen LogP contribution in [0.1, 0.15) is 45.3 Å². The van der Waals surface area contributed by atoms with Gasteiger partial charge in [-0.3, -0.25) is 0 Å². The van der Waals surface area contributed by atoms with Gasteiger partial charge < -0.3 is 10.5 Å². The normalized spacial score (nSPS) is 14.9. The van der Waals surface area contributed by atoms with Crippen molar-refractivity contribution in [3.63, 3.8) is 0 Å². The fourth-order valence-electron chi connectivity index (χ4n) is 1.71. The van der Waals surface area contributed by atoms with Crippen molar-refractivity contribution in [2.75, 3.05) is 5.73 Å². The molecule has 15 heavy (non-hydrogen) atoms. The fourth-order valence-corrected chi connectivity index (χ4v) is 1.71. The summed E-state index contributed by atoms with van der Waals surface area (Å²) >= 11 is 0. The third kappa shape index (κ3) is 3.92. The lowest BCUT2D eigenvalue weighted by molar-refractivity contribution is 0.00260. The van der Waals surface area contributed by atoms with E-state index in [1.54, 1.807) is 0 Å². The van der Waals surface area contributed by atoms with Gasteiger partial charge in [0, 0.05) is 5.69 Å². The molecule has 2 nitrogen and oxygen atoms in total. The third-order valence-electron chi connectivity index (χ3n) is 2.51. The monoisotopic (exact) mass is 207 g/mol. The Morgan fingerprint density at radius 1 is 1.33 bits per heavy atom. The summed E-state index contributed by atoms with van der Waals surface area (Å²) in [6.07, 6.45) is 2.69. The highest BCUT2D eigenvalue weighted by Gasteiger charge is 2.09. The van der Waals surface area contributed by atoms with Crippen molar-refractivity contribution in [2.45, 2.75) is 45.8 Å². The zero-order valence-corrected chi connectivity index (χ0v) is 9.86. The molecule has 0 fully saturated rings. The molecule has 84 valence electrons. The number of hydrogen-bond acceptors (Lipinski definition) is 2. The van der Waals surface area contributed by atoms with Crippen LogP contribution in [-0.2, 0) is 4.74 Å². The second kappa shape index (κ2) is 5.76. The molecular weight excluding hydrogens is 186 g/mol. The van der Waals surface area contributed by atoms with Gasteiger partial charge in [-0.05, 0) is 38.0 Å². The van der Waals surface area contributed by atoms with E-state index in [2.05, 4.69) is 26.8 Å². The standard InChI is InChI=1S/C13H21NO/c1-4-6-10(2)15-11(3)12-7-5-8-13(14)9-12/h5,7-11H,4,6,14H2,1-3H3. The number of anilines is 1. The summed E-state index contributed by atoms with van der Waals surface area (Å²) < 4.78 is 5.88. The van der Waals surface area contributed by atoms with Crippen LogP contribution < -0.4 is 5.73 Å². The first-order chi connectivity index (χ1) is 7.13. The minimum atomic E-state index is 0.120. The van der Waals surface area contributed by atoms with Crippen molar-refractivity contribution in [3.8, 4) is 0 Å². The van der Waals surface area contributed by atoms with E-state index >= 15 is 0 Å². The highest BCUT2D eigenvalue weighted by molar-refractivity contribution is 5.41. The summed E-state index contributed by atoms with van der Waals surface area (Å²) in [5.41, 5.74) is 7.68. The van der Waals surface area contributed by atoms with E-state index in [1.807, 2.05) is 18.2 Å². The van der Waals surface area contributed by atoms with Gasteiger partial charge in [0.2, 0.25) is 0 Å². The van der Waals surface area contributed by atoms with Crippen molar-refractivity contribution in [1.82, 2.24) is 0 Å². The van der Waals surface area contributed by atoms with E-state index in [0.717, 1.165) is 24.1 Å². The predicted octanol–water partition coefficient (Wildman–Crippen LogP) is 3.54. The van der Waals surface area contributed by atoms with Crippen LogP contribution in [-0.4, -0.2) is 6.10 Å². The Bertz CT molecular complexity index is 298. The first-order valence-electron chi connectivity index (χ1n) is 5.64. The fraction of sp³-hybridized carbons (Fsp3) is 0.538. The van der Waals surface area contributed by atoms with E-state index in [0.29, 0.717) is 6.10 Å². The Balaban J connectivity index is 2.56. The van der Waals surface area contributed by atoms with Crippen LogP contribution in [0.25, 0.3) is 0 Å². The van der Waals surface area contributed by atoms with E-state index in [9.17, 15) is 0 Å². The van der Waals surface area contributed by atoms with Gasteiger partial charge in [-0.2, -0.15) is 0 Å². The van der Waals surface area contributed by atoms with Crippen LogP contribution in [0.15, 0.2) is 24.3 Å². The van der Waals surface area contributed by atoms with E-state index in [-0.39, 0.29) is 6.10 Å². The molecule has 0 spiro atoms. The molecule has 0 heterocycles. The van der Waals surface area contributed by atoms with Crippen LogP contribution in [0.5, 0.6) is 0 Å². The quantitative estimate of drug-likeness (QED) is 0.749. The molecular formula is C13H21NO. The van der Waals surface area contributed by atoms with Crippen molar-refractivity contribution in [3.05, 3.63) is 29.8 Å². The molecule has 0 saturated carbocycles. The maximum Gasteiger partial charge on any atom is 0.0801 e. The van der Waals surface area contributed by atoms with Gasteiger partial charge in [0.25, 0.3) is 0 Å². The number of benzene rings is 1. The second-order valence-electron chi connectivity index (χ2n) is 4.05. The molecule has 0 amide bonds. The lowest BCUT2D eigenvalue weighted by Crippen LogP contribution is -2.11. The zero-order chi connectivity index (χ0) is 11.3. The number of hydrogen-bond donors (Lipinski definition) is 1. The van der Waals surface area contributed by atoms with E-state index in [1.165, 1.54) is 0 Å². The van der Waals surface area contributed by atoms with Crippen molar-refractivity contribution in [1.29, 1.82) is 0 Å². The van der Waals surface area contributed by atoms with E-state index < -0.39 is 0 Å². The Hall–Kier alpha value is -1.02. The van der Waals surface area contributed by atoms with Crippen molar-refractivity contribution in [2.24, 2.45) is 0 Å². The lowest BCUT2D eigenvalue weighted by Gasteiger charge is -2.19. The van der Waals surface area contributed by atoms with Crippen LogP contribution in [0.2, 0.25) is 0 Å². The molecule has 0 bridgehead atoms. The molecule has 1 rings (SSSR count). The van der Waals surface area contributed by atoms with Gasteiger partial charge in [-0.25, -0.2) is 0 Å². The summed E-state index contributed by atoms with van der Waals surface area (Å²) in [6.45, 7) is 6.36. The Labute approximate surface area is 92.4 Å². The van der Waals surface area contributed by atoms with Gasteiger partial charge in [-0.1, -0.05) is 25.5 Å². The van der Waals surface area contributed by atoms with E-state index in [4.69, 9.17) is 10.5 Å². The summed E-state index contributed by atoms with van der Waals surface area (Å²) in [4.78, 5) is 0. The molecule has 0 saturated heterocycles. The van der Waals surface area contributed by atoms with Gasteiger partial charge in [0.05, 0.1) is 12.2 Å². The SMILES string of the molecule is CCCC(C)OC(C)c1cccc(N)c1. The van der Waals surface area contributed by atoms with Crippen LogP contribution in [0.3, 0.4) is 0 Å². The summed E-state index contributed by atoms with van der Waals surface area (Å²) in [6, 6.07) is 7.89. The Kier molecular flexibility index (Phi) is 4.63. The van der Waals surface area contributed by atoms with Crippen LogP contribution >= 0.6 is 0 Å². The first-order valence-corrected chi connectivity index (χ1v) is 5.64. The molecule has 0 aliphatic rings. The molecule has 1 aromatic carbocycles. The molecule has 0 radical (unpaired) electrons. The van der Waals surface area contributed by atoms with Crippen LogP contribution in [0, 0.1) is 0 Å². The third-order valence-corrected chi connectivity index (χ3v) is 2.51. The van der Waals surface area contributed by atoms with Gasteiger partial charge in [-0.15, -0.1) is 0 Å². The zero-order valence-electron chi connectivity index (χ0n) is 9.86. The highest BCUT2D eigenvalue weighted by Crippen LogP contribution is 2.21. The molecule has 0 aliphatic heterocycles. The minimum Gasteiger partial charge on any atom is -0.399 e. The molecule has 2 unspecified atom stereocenters. The topological polar surface area (TPSA) is 35.2 Å². The van der Waals surface area contributed by atoms with Gasteiger partial charge in [0.15, 0.2) is 0 Å². The number of nitrogen functional groups attached to an aromatic ring is 1. The minimum absolute atomic E-state index is 0.120. The smallest absolute Gasteiger partial charge is 0.0801 e. The summed E-state index contributed by atoms with van der Waals surface area (Å²) in [7, 11) is 0. The molecule has 2 heteroatoms. The average molecular weight is 207 g/mol. The Morgan fingerprint density at radius 3 is 2.67 bits per heavy atom. The number of rotatable bonds is 5. The van der Waals surface area contributed by atoms with Gasteiger partial charge in [0.1, 0.15) is 0 Å².